The van der Waals surface area contributed by atoms with E-state index in [-0.39, 0.29) is 0 Å². The molecule has 4 rings (SSSR count). The SMILES string of the molecule is CNC(C)Cc1nnc2n1-c1ccc(Cl)cc1C(c1ccccn1)=NC2. The molecule has 6 nitrogen and oxygen atoms in total. The number of likely N-dealkylation sites (N-methyl/N-ethyl adjacent to an activating group) is 1. The van der Waals surface area contributed by atoms with E-state index in [1.165, 1.54) is 0 Å². The molecule has 3 heterocycles. The van der Waals surface area contributed by atoms with Crippen molar-refractivity contribution in [1.29, 1.82) is 0 Å². The second-order valence-electron chi connectivity index (χ2n) is 6.30. The average Bonchev–Trinajstić information content (AvgIpc) is 2.97. The summed E-state index contributed by atoms with van der Waals surface area (Å²) in [6.07, 6.45) is 2.54. The summed E-state index contributed by atoms with van der Waals surface area (Å²) in [5.41, 5.74) is 3.56. The monoisotopic (exact) mass is 366 g/mol. The molecule has 0 saturated heterocycles. The lowest BCUT2D eigenvalue weighted by molar-refractivity contribution is 0.584. The third kappa shape index (κ3) is 3.02. The van der Waals surface area contributed by atoms with E-state index in [2.05, 4.69) is 32.0 Å². The number of benzene rings is 1. The molecule has 132 valence electrons. The van der Waals surface area contributed by atoms with Gasteiger partial charge in [-0.1, -0.05) is 17.7 Å². The highest BCUT2D eigenvalue weighted by Gasteiger charge is 2.24. The van der Waals surface area contributed by atoms with Crippen molar-refractivity contribution in [3.05, 3.63) is 70.5 Å². The van der Waals surface area contributed by atoms with Crippen LogP contribution in [0.15, 0.2) is 47.6 Å². The molecule has 1 atom stereocenters. The number of nitrogens with one attached hydrogen (secondary N) is 1. The molecule has 0 bridgehead atoms. The Balaban J connectivity index is 1.90. The first kappa shape index (κ1) is 16.9. The zero-order chi connectivity index (χ0) is 18.1. The Morgan fingerprint density at radius 2 is 2.12 bits per heavy atom. The normalized spacial score (nSPS) is 14.2. The van der Waals surface area contributed by atoms with Crippen LogP contribution in [-0.4, -0.2) is 38.5 Å². The number of fused-ring (bicyclic) bond motifs is 3. The molecular weight excluding hydrogens is 348 g/mol. The summed E-state index contributed by atoms with van der Waals surface area (Å²) in [6.45, 7) is 2.57. The highest BCUT2D eigenvalue weighted by Crippen LogP contribution is 2.28. The Bertz CT molecular complexity index is 963. The number of aliphatic imine (C=N–C) groups is 1. The van der Waals surface area contributed by atoms with Crippen LogP contribution in [0.25, 0.3) is 5.69 Å². The number of aromatic nitrogens is 4. The fourth-order valence-electron chi connectivity index (χ4n) is 3.09. The number of hydrogen-bond donors (Lipinski definition) is 1. The highest BCUT2D eigenvalue weighted by molar-refractivity contribution is 6.31. The van der Waals surface area contributed by atoms with Crippen molar-refractivity contribution in [2.75, 3.05) is 7.05 Å². The number of hydrogen-bond acceptors (Lipinski definition) is 5. The second kappa shape index (κ2) is 6.97. The van der Waals surface area contributed by atoms with Crippen molar-refractivity contribution in [3.8, 4) is 5.69 Å². The maximum Gasteiger partial charge on any atom is 0.159 e. The summed E-state index contributed by atoms with van der Waals surface area (Å²) in [6, 6.07) is 11.9. The first-order valence-corrected chi connectivity index (χ1v) is 8.91. The number of rotatable bonds is 4. The van der Waals surface area contributed by atoms with Crippen LogP contribution in [0.3, 0.4) is 0 Å². The topological polar surface area (TPSA) is 68.0 Å². The van der Waals surface area contributed by atoms with Crippen LogP contribution in [0.2, 0.25) is 5.02 Å². The fourth-order valence-corrected chi connectivity index (χ4v) is 3.26. The van der Waals surface area contributed by atoms with Gasteiger partial charge >= 0.3 is 0 Å². The van der Waals surface area contributed by atoms with Gasteiger partial charge in [0.1, 0.15) is 12.4 Å². The van der Waals surface area contributed by atoms with Crippen molar-refractivity contribution in [3.63, 3.8) is 0 Å². The molecule has 26 heavy (non-hydrogen) atoms. The van der Waals surface area contributed by atoms with Gasteiger partial charge in [0, 0.05) is 29.2 Å². The molecule has 7 heteroatoms. The van der Waals surface area contributed by atoms with E-state index in [4.69, 9.17) is 16.6 Å². The van der Waals surface area contributed by atoms with Crippen LogP contribution in [-0.2, 0) is 13.0 Å². The summed E-state index contributed by atoms with van der Waals surface area (Å²) in [7, 11) is 1.94. The van der Waals surface area contributed by atoms with E-state index in [0.29, 0.717) is 17.6 Å². The third-order valence-corrected chi connectivity index (χ3v) is 4.75. The summed E-state index contributed by atoms with van der Waals surface area (Å²) in [5, 5.41) is 12.7. The van der Waals surface area contributed by atoms with Crippen molar-refractivity contribution >= 4 is 17.3 Å². The van der Waals surface area contributed by atoms with Gasteiger partial charge in [-0.2, -0.15) is 0 Å². The van der Waals surface area contributed by atoms with Crippen molar-refractivity contribution in [2.45, 2.75) is 25.9 Å². The van der Waals surface area contributed by atoms with E-state index < -0.39 is 0 Å². The molecule has 1 unspecified atom stereocenters. The zero-order valence-electron chi connectivity index (χ0n) is 14.6. The van der Waals surface area contributed by atoms with Gasteiger partial charge in [0.25, 0.3) is 0 Å². The van der Waals surface area contributed by atoms with Crippen LogP contribution in [0.5, 0.6) is 0 Å². The minimum absolute atomic E-state index is 0.290. The molecule has 3 aromatic rings. The van der Waals surface area contributed by atoms with Crippen molar-refractivity contribution < 1.29 is 0 Å². The van der Waals surface area contributed by atoms with E-state index in [1.54, 1.807) is 6.20 Å². The summed E-state index contributed by atoms with van der Waals surface area (Å²) in [5.74, 6) is 1.72. The van der Waals surface area contributed by atoms with Crippen LogP contribution < -0.4 is 5.32 Å². The molecule has 1 N–H and O–H groups in total. The summed E-state index contributed by atoms with van der Waals surface area (Å²) < 4.78 is 2.10. The van der Waals surface area contributed by atoms with Gasteiger partial charge in [0.2, 0.25) is 0 Å². The lowest BCUT2D eigenvalue weighted by Gasteiger charge is -2.15. The van der Waals surface area contributed by atoms with Crippen molar-refractivity contribution in [2.24, 2.45) is 4.99 Å². The van der Waals surface area contributed by atoms with E-state index in [0.717, 1.165) is 40.7 Å². The summed E-state index contributed by atoms with van der Waals surface area (Å²) in [4.78, 5) is 9.26. The lowest BCUT2D eigenvalue weighted by Crippen LogP contribution is -2.25. The molecular formula is C19H19ClN6. The minimum atomic E-state index is 0.290. The standard InChI is InChI=1S/C19H19ClN6/c1-12(21-2)9-17-24-25-18-11-23-19(15-5-3-4-8-22-15)14-10-13(20)6-7-16(14)26(17)18/h3-8,10,12,21H,9,11H2,1-2H3. The van der Waals surface area contributed by atoms with Crippen LogP contribution in [0, 0.1) is 0 Å². The van der Waals surface area contributed by atoms with Gasteiger partial charge in [-0.15, -0.1) is 10.2 Å². The van der Waals surface area contributed by atoms with Gasteiger partial charge in [0.05, 0.1) is 17.1 Å². The number of halogens is 1. The lowest BCUT2D eigenvalue weighted by atomic mass is 10.0. The summed E-state index contributed by atoms with van der Waals surface area (Å²) >= 11 is 6.30. The Hall–Kier alpha value is -2.57. The smallest absolute Gasteiger partial charge is 0.159 e. The van der Waals surface area contributed by atoms with Crippen LogP contribution in [0.1, 0.15) is 29.8 Å². The Kier molecular flexibility index (Phi) is 4.53. The fraction of sp³-hybridized carbons (Fsp3) is 0.263. The molecule has 2 aromatic heterocycles. The van der Waals surface area contributed by atoms with E-state index in [1.807, 2.05) is 43.4 Å². The molecule has 1 aliphatic heterocycles. The van der Waals surface area contributed by atoms with Gasteiger partial charge in [0.15, 0.2) is 5.82 Å². The first-order valence-electron chi connectivity index (χ1n) is 8.54. The molecule has 0 radical (unpaired) electrons. The maximum absolute atomic E-state index is 6.30. The number of nitrogens with zero attached hydrogens (tertiary/aromatic N) is 5. The quantitative estimate of drug-likeness (QED) is 0.771. The first-order chi connectivity index (χ1) is 12.7. The van der Waals surface area contributed by atoms with E-state index >= 15 is 0 Å². The zero-order valence-corrected chi connectivity index (χ0v) is 15.4. The predicted molar refractivity (Wildman–Crippen MR) is 102 cm³/mol. The Morgan fingerprint density at radius 1 is 1.23 bits per heavy atom. The Labute approximate surface area is 157 Å². The molecule has 0 fully saturated rings. The molecule has 0 spiro atoms. The minimum Gasteiger partial charge on any atom is -0.317 e. The van der Waals surface area contributed by atoms with Gasteiger partial charge in [-0.3, -0.25) is 14.5 Å². The number of pyridine rings is 1. The Morgan fingerprint density at radius 3 is 2.88 bits per heavy atom. The second-order valence-corrected chi connectivity index (χ2v) is 6.74. The molecule has 1 aromatic carbocycles. The van der Waals surface area contributed by atoms with Crippen LogP contribution >= 0.6 is 11.6 Å². The maximum atomic E-state index is 6.30. The van der Waals surface area contributed by atoms with Gasteiger partial charge in [-0.25, -0.2) is 0 Å². The largest absolute Gasteiger partial charge is 0.317 e. The third-order valence-electron chi connectivity index (χ3n) is 4.52. The van der Waals surface area contributed by atoms with Gasteiger partial charge in [-0.05, 0) is 44.3 Å². The van der Waals surface area contributed by atoms with Crippen molar-refractivity contribution in [1.82, 2.24) is 25.1 Å². The molecule has 0 aliphatic carbocycles. The van der Waals surface area contributed by atoms with Crippen LogP contribution in [0.4, 0.5) is 0 Å². The molecule has 1 aliphatic rings. The average molecular weight is 367 g/mol. The molecule has 0 saturated carbocycles. The molecule has 0 amide bonds. The highest BCUT2D eigenvalue weighted by atomic mass is 35.5. The van der Waals surface area contributed by atoms with Gasteiger partial charge < -0.3 is 5.32 Å². The van der Waals surface area contributed by atoms with E-state index in [9.17, 15) is 0 Å². The predicted octanol–water partition coefficient (Wildman–Crippen LogP) is 2.82.